The Kier molecular flexibility index (Phi) is 11.3. The van der Waals surface area contributed by atoms with Crippen LogP contribution in [0, 0.1) is 6.92 Å². The van der Waals surface area contributed by atoms with Crippen LogP contribution in [0.3, 0.4) is 0 Å². The van der Waals surface area contributed by atoms with E-state index in [1.807, 2.05) is 82.3 Å². The second-order valence-corrected chi connectivity index (χ2v) is 14.9. The van der Waals surface area contributed by atoms with Crippen molar-refractivity contribution < 1.29 is 22.7 Å². The molecule has 10 heteroatoms. The van der Waals surface area contributed by atoms with Crippen molar-refractivity contribution in [1.29, 1.82) is 0 Å². The van der Waals surface area contributed by atoms with E-state index in [9.17, 15) is 18.0 Å². The van der Waals surface area contributed by atoms with Crippen molar-refractivity contribution in [2.75, 3.05) is 18.0 Å². The molecule has 4 rings (SSSR count). The molecule has 46 heavy (non-hydrogen) atoms. The van der Waals surface area contributed by atoms with Gasteiger partial charge in [0.25, 0.3) is 10.0 Å². The Morgan fingerprint density at radius 3 is 2.02 bits per heavy atom. The third-order valence-electron chi connectivity index (χ3n) is 7.28. The normalized spacial score (nSPS) is 12.2. The lowest BCUT2D eigenvalue weighted by molar-refractivity contribution is -0.140. The van der Waals surface area contributed by atoms with Gasteiger partial charge in [-0.3, -0.25) is 13.9 Å². The van der Waals surface area contributed by atoms with Crippen LogP contribution in [0.2, 0.25) is 0 Å². The molecule has 8 nitrogen and oxygen atoms in total. The minimum Gasteiger partial charge on any atom is -0.497 e. The number of anilines is 1. The predicted octanol–water partition coefficient (Wildman–Crippen LogP) is 6.52. The van der Waals surface area contributed by atoms with E-state index in [0.29, 0.717) is 5.75 Å². The number of nitrogens with one attached hydrogen (secondary N) is 1. The van der Waals surface area contributed by atoms with Gasteiger partial charge >= 0.3 is 0 Å². The number of methoxy groups -OCH3 is 1. The van der Waals surface area contributed by atoms with E-state index in [2.05, 4.69) is 21.2 Å². The highest BCUT2D eigenvalue weighted by Crippen LogP contribution is 2.27. The molecule has 0 radical (unpaired) electrons. The smallest absolute Gasteiger partial charge is 0.264 e. The Morgan fingerprint density at radius 1 is 0.848 bits per heavy atom. The summed E-state index contributed by atoms with van der Waals surface area (Å²) in [5, 5.41) is 3.04. The first-order chi connectivity index (χ1) is 21.8. The van der Waals surface area contributed by atoms with E-state index in [1.165, 1.54) is 24.1 Å². The molecule has 1 unspecified atom stereocenters. The van der Waals surface area contributed by atoms with Crippen molar-refractivity contribution in [1.82, 2.24) is 10.2 Å². The molecule has 0 aliphatic heterocycles. The lowest BCUT2D eigenvalue weighted by Crippen LogP contribution is -2.56. The van der Waals surface area contributed by atoms with Gasteiger partial charge in [0.2, 0.25) is 11.8 Å². The number of nitrogens with zero attached hydrogens (tertiary/aromatic N) is 2. The predicted molar refractivity (Wildman–Crippen MR) is 185 cm³/mol. The standard InChI is InChI=1S/C36H40BrN3O5S/c1-26-11-21-32(22-12-26)46(43,44)40(30-17-19-31(45-5)20-18-30)25-34(41)39(24-28-13-15-29(37)16-14-28)33(35(42)38-36(2,3)4)23-27-9-7-6-8-10-27/h6-22,33H,23-25H2,1-5H3,(H,38,42). The van der Waals surface area contributed by atoms with Crippen LogP contribution in [-0.2, 0) is 32.6 Å². The third-order valence-corrected chi connectivity index (χ3v) is 9.60. The molecule has 0 heterocycles. The van der Waals surface area contributed by atoms with E-state index >= 15 is 0 Å². The number of hydrogen-bond donors (Lipinski definition) is 1. The zero-order valence-electron chi connectivity index (χ0n) is 26.7. The first-order valence-electron chi connectivity index (χ1n) is 14.9. The Bertz CT molecular complexity index is 1720. The Balaban J connectivity index is 1.81. The third kappa shape index (κ3) is 9.20. The molecular formula is C36H40BrN3O5S. The number of rotatable bonds is 12. The Morgan fingerprint density at radius 2 is 1.46 bits per heavy atom. The summed E-state index contributed by atoms with van der Waals surface area (Å²) in [5.41, 5.74) is 2.28. The summed E-state index contributed by atoms with van der Waals surface area (Å²) in [6.45, 7) is 7.06. The molecule has 0 saturated carbocycles. The van der Waals surface area contributed by atoms with Crippen molar-refractivity contribution in [2.45, 2.75) is 57.1 Å². The molecule has 0 aliphatic rings. The van der Waals surface area contributed by atoms with Gasteiger partial charge in [0.1, 0.15) is 18.3 Å². The van der Waals surface area contributed by atoms with Gasteiger partial charge in [0.15, 0.2) is 0 Å². The van der Waals surface area contributed by atoms with Crippen molar-refractivity contribution in [2.24, 2.45) is 0 Å². The summed E-state index contributed by atoms with van der Waals surface area (Å²) >= 11 is 3.46. The van der Waals surface area contributed by atoms with Gasteiger partial charge in [0, 0.05) is 23.0 Å². The van der Waals surface area contributed by atoms with Crippen molar-refractivity contribution >= 4 is 43.5 Å². The van der Waals surface area contributed by atoms with Gasteiger partial charge in [-0.05, 0) is 87.4 Å². The maximum absolute atomic E-state index is 14.6. The highest BCUT2D eigenvalue weighted by molar-refractivity contribution is 9.10. The number of aryl methyl sites for hydroxylation is 1. The molecule has 1 atom stereocenters. The monoisotopic (exact) mass is 705 g/mol. The van der Waals surface area contributed by atoms with E-state index in [0.717, 1.165) is 25.5 Å². The van der Waals surface area contributed by atoms with Crippen LogP contribution >= 0.6 is 15.9 Å². The van der Waals surface area contributed by atoms with E-state index in [4.69, 9.17) is 4.74 Å². The number of carbonyl (C=O) groups excluding carboxylic acids is 2. The Labute approximate surface area is 280 Å². The second kappa shape index (κ2) is 15.0. The summed E-state index contributed by atoms with van der Waals surface area (Å²) in [5.74, 6) is -0.319. The maximum atomic E-state index is 14.6. The molecule has 0 fully saturated rings. The Hall–Kier alpha value is -4.15. The number of sulfonamides is 1. The summed E-state index contributed by atoms with van der Waals surface area (Å²) in [4.78, 5) is 30.1. The van der Waals surface area contributed by atoms with Crippen LogP contribution in [0.15, 0.2) is 112 Å². The van der Waals surface area contributed by atoms with Crippen molar-refractivity contribution in [3.63, 3.8) is 0 Å². The summed E-state index contributed by atoms with van der Waals surface area (Å²) in [7, 11) is -2.67. The van der Waals surface area contributed by atoms with Crippen LogP contribution < -0.4 is 14.4 Å². The topological polar surface area (TPSA) is 96.0 Å². The largest absolute Gasteiger partial charge is 0.497 e. The first kappa shape index (κ1) is 34.7. The van der Waals surface area contributed by atoms with Gasteiger partial charge in [-0.2, -0.15) is 0 Å². The lowest BCUT2D eigenvalue weighted by Gasteiger charge is -2.35. The maximum Gasteiger partial charge on any atom is 0.264 e. The van der Waals surface area contributed by atoms with E-state index < -0.39 is 34.1 Å². The fourth-order valence-electron chi connectivity index (χ4n) is 4.91. The van der Waals surface area contributed by atoms with Crippen molar-refractivity contribution in [3.05, 3.63) is 124 Å². The lowest BCUT2D eigenvalue weighted by atomic mass is 10.0. The van der Waals surface area contributed by atoms with Gasteiger partial charge < -0.3 is 15.0 Å². The quantitative estimate of drug-likeness (QED) is 0.181. The summed E-state index contributed by atoms with van der Waals surface area (Å²) < 4.78 is 35.6. The van der Waals surface area contributed by atoms with Gasteiger partial charge in [0.05, 0.1) is 17.7 Å². The highest BCUT2D eigenvalue weighted by Gasteiger charge is 2.35. The zero-order valence-corrected chi connectivity index (χ0v) is 29.1. The van der Waals surface area contributed by atoms with Gasteiger partial charge in [-0.1, -0.05) is 76.1 Å². The van der Waals surface area contributed by atoms with E-state index in [-0.39, 0.29) is 29.5 Å². The van der Waals surface area contributed by atoms with Crippen LogP contribution in [0.25, 0.3) is 0 Å². The summed E-state index contributed by atoms with van der Waals surface area (Å²) in [6, 6.07) is 29.0. The van der Waals surface area contributed by atoms with Crippen LogP contribution in [0.4, 0.5) is 5.69 Å². The average Bonchev–Trinajstić information content (AvgIpc) is 3.02. The molecule has 242 valence electrons. The fourth-order valence-corrected chi connectivity index (χ4v) is 6.59. The fraction of sp³-hybridized carbons (Fsp3) is 0.278. The number of ether oxygens (including phenoxy) is 1. The van der Waals surface area contributed by atoms with Crippen LogP contribution in [0.1, 0.15) is 37.5 Å². The number of halogens is 1. The highest BCUT2D eigenvalue weighted by atomic mass is 79.9. The minimum absolute atomic E-state index is 0.0486. The average molecular weight is 707 g/mol. The molecule has 2 amide bonds. The van der Waals surface area contributed by atoms with Crippen LogP contribution in [-0.4, -0.2) is 50.4 Å². The number of hydrogen-bond acceptors (Lipinski definition) is 5. The first-order valence-corrected chi connectivity index (χ1v) is 17.1. The molecule has 0 saturated heterocycles. The molecule has 0 bridgehead atoms. The molecule has 0 spiro atoms. The molecule has 0 aromatic heterocycles. The number of benzene rings is 4. The summed E-state index contributed by atoms with van der Waals surface area (Å²) in [6.07, 6.45) is 0.234. The zero-order chi connectivity index (χ0) is 33.5. The molecule has 4 aromatic carbocycles. The van der Waals surface area contributed by atoms with Gasteiger partial charge in [-0.15, -0.1) is 0 Å². The van der Waals surface area contributed by atoms with E-state index in [1.54, 1.807) is 36.4 Å². The van der Waals surface area contributed by atoms with Gasteiger partial charge in [-0.25, -0.2) is 8.42 Å². The van der Waals surface area contributed by atoms with Crippen LogP contribution in [0.5, 0.6) is 5.75 Å². The molecular weight excluding hydrogens is 666 g/mol. The van der Waals surface area contributed by atoms with Crippen molar-refractivity contribution in [3.8, 4) is 5.75 Å². The number of carbonyl (C=O) groups is 2. The number of amides is 2. The SMILES string of the molecule is COc1ccc(N(CC(=O)N(Cc2ccc(Br)cc2)C(Cc2ccccc2)C(=O)NC(C)(C)C)S(=O)(=O)c2ccc(C)cc2)cc1. The molecule has 0 aliphatic carbocycles. The minimum atomic E-state index is -4.19. The molecule has 4 aromatic rings. The molecule has 1 N–H and O–H groups in total. The second-order valence-electron chi connectivity index (χ2n) is 12.1.